The second-order valence-electron chi connectivity index (χ2n) is 32.7. The molecule has 4 aliphatic rings. The fraction of sp³-hybridized carbons (Fsp3) is 0.706. The van der Waals surface area contributed by atoms with Crippen molar-refractivity contribution in [2.75, 3.05) is 6.54 Å². The van der Waals surface area contributed by atoms with E-state index in [4.69, 9.17) is 4.74 Å². The van der Waals surface area contributed by atoms with Crippen LogP contribution in [0.4, 0.5) is 10.5 Å². The largest absolute Gasteiger partial charge is 0.444 e. The minimum absolute atomic E-state index is 0.152. The molecule has 4 saturated carbocycles. The minimum Gasteiger partial charge on any atom is -0.444 e. The predicted molar refractivity (Wildman–Crippen MR) is 427 cm³/mol. The molecule has 4 fully saturated rings. The molecule has 1 heterocycles. The molecule has 3 aromatic carbocycles. The van der Waals surface area contributed by atoms with Gasteiger partial charge in [-0.05, 0) is 196 Å². The second-order valence-corrected chi connectivity index (χ2v) is 36.0. The Kier molecular flexibility index (Phi) is 52.1. The van der Waals surface area contributed by atoms with Crippen molar-refractivity contribution >= 4 is 61.1 Å². The van der Waals surface area contributed by atoms with Gasteiger partial charge in [0.2, 0.25) is 0 Å². The number of nitro benzene ring substituents is 1. The second kappa shape index (κ2) is 52.7. The number of halogens is 2. The molecule has 6 nitrogen and oxygen atoms in total. The Hall–Kier alpha value is -3.27. The molecule has 1 aromatic heterocycles. The standard InChI is InChI=1S/C11H16.C11H14.C9H11NO2.C9H19NO2.C9H18.C8H16.C8H18.C7H8Br2S.C7H14.C6H12/c2*1-10(2)8-9-11-6-4-3-5-7-11;1-7(2)8-3-5-9(6-4-8)10(11)12;1-7(2)6-10-8(11)12-9(3,4)5;1-8(2)9-6-4-3-5-7-9;1-7(2)8-5-3-4-6-8;1-7(2)6-8(3,4)5;1-4(2)6-3-5(8)7(9)10-6;1-6(2)7-4-3-5-7;1-5(2)6-3-4-6/h3-7,10H,8-9H2,1-2H3;3-10H,1-2H3;3-7H,1-2H3;7H,6H2,1-5H3,(H,10,11);8-9H,3-7H2,1-2H3;7-8H,3-6H2,1-2H3;7H,6H2,1-5H3;3-4H,1-2H3;6-7H,3-5H2,1-2H3;5-6H,3-4H2,1-2H3/b;9-8+;;;;;;;;. The Morgan fingerprint density at radius 1 is 0.564 bits per heavy atom. The van der Waals surface area contributed by atoms with Crippen molar-refractivity contribution in [2.45, 2.75) is 307 Å². The highest BCUT2D eigenvalue weighted by Crippen LogP contribution is 2.37. The number of alkyl carbamates (subject to hydrolysis) is 1. The van der Waals surface area contributed by atoms with Crippen LogP contribution < -0.4 is 5.32 Å². The molecule has 9 heteroatoms. The molecule has 0 spiro atoms. The summed E-state index contributed by atoms with van der Waals surface area (Å²) in [6.07, 6.45) is 28.8. The topological polar surface area (TPSA) is 81.5 Å². The van der Waals surface area contributed by atoms with Gasteiger partial charge in [-0.25, -0.2) is 4.79 Å². The molecule has 0 saturated heterocycles. The van der Waals surface area contributed by atoms with Crippen molar-refractivity contribution in [1.29, 1.82) is 0 Å². The summed E-state index contributed by atoms with van der Waals surface area (Å²) in [7, 11) is 0. The minimum atomic E-state index is -0.402. The van der Waals surface area contributed by atoms with Gasteiger partial charge in [-0.1, -0.05) is 321 Å². The van der Waals surface area contributed by atoms with Gasteiger partial charge in [-0.2, -0.15) is 0 Å². The number of nitrogens with one attached hydrogen (secondary N) is 1. The number of carbonyl (C=O) groups is 1. The number of rotatable bonds is 15. The van der Waals surface area contributed by atoms with Gasteiger partial charge in [0.15, 0.2) is 0 Å². The number of nitrogens with zero attached hydrogens (tertiary/aromatic N) is 1. The normalized spacial score (nSPS) is 14.8. The van der Waals surface area contributed by atoms with Crippen LogP contribution >= 0.6 is 43.2 Å². The zero-order valence-corrected chi connectivity index (χ0v) is 69.4. The number of allylic oxidation sites excluding steroid dienone is 1. The van der Waals surface area contributed by atoms with Crippen LogP contribution in [0.25, 0.3) is 6.08 Å². The zero-order valence-electron chi connectivity index (χ0n) is 65.4. The molecule has 4 aromatic rings. The fourth-order valence-electron chi connectivity index (χ4n) is 10.7. The average molecular weight is 1450 g/mol. The van der Waals surface area contributed by atoms with Gasteiger partial charge in [0.25, 0.3) is 5.69 Å². The van der Waals surface area contributed by atoms with Gasteiger partial charge in [0.1, 0.15) is 5.60 Å². The summed E-state index contributed by atoms with van der Waals surface area (Å²) in [4.78, 5) is 22.3. The van der Waals surface area contributed by atoms with Crippen molar-refractivity contribution in [3.63, 3.8) is 0 Å². The molecule has 1 amide bonds. The van der Waals surface area contributed by atoms with Crippen molar-refractivity contribution in [1.82, 2.24) is 5.32 Å². The van der Waals surface area contributed by atoms with E-state index in [-0.39, 0.29) is 16.7 Å². The number of amides is 1. The summed E-state index contributed by atoms with van der Waals surface area (Å²) in [6.45, 7) is 57.7. The SMILES string of the molecule is CC(C)/C=C/c1ccccc1.CC(C)C1CC1.CC(C)C1CCC1.CC(C)C1CCCC1.CC(C)C1CCCCC1.CC(C)CC(C)(C)C.CC(C)CCc1ccccc1.CC(C)CNC(=O)OC(C)(C)C.CC(C)c1cc(Br)c(Br)s1.CC(C)c1ccc([N+](=O)[O-])cc1. The van der Waals surface area contributed by atoms with Crippen LogP contribution in [-0.4, -0.2) is 23.2 Å². The number of ether oxygens (including phenoxy) is 1. The summed E-state index contributed by atoms with van der Waals surface area (Å²) < 4.78 is 7.40. The third kappa shape index (κ3) is 54.7. The molecule has 0 radical (unpaired) electrons. The van der Waals surface area contributed by atoms with Crippen LogP contribution in [0.3, 0.4) is 0 Å². The maximum Gasteiger partial charge on any atom is 0.407 e. The van der Waals surface area contributed by atoms with Gasteiger partial charge in [-0.3, -0.25) is 10.1 Å². The molecule has 540 valence electrons. The smallest absolute Gasteiger partial charge is 0.407 e. The van der Waals surface area contributed by atoms with E-state index in [9.17, 15) is 14.9 Å². The number of thiophene rings is 1. The van der Waals surface area contributed by atoms with Crippen LogP contribution in [0.2, 0.25) is 0 Å². The predicted octanol–water partition coefficient (Wildman–Crippen LogP) is 29.5. The number of aryl methyl sites for hydroxylation is 1. The van der Waals surface area contributed by atoms with Crippen molar-refractivity contribution in [2.24, 2.45) is 76.4 Å². The number of hydrogen-bond acceptors (Lipinski definition) is 5. The molecule has 4 aliphatic carbocycles. The summed E-state index contributed by atoms with van der Waals surface area (Å²) in [6, 6.07) is 29.9. The third-order valence-electron chi connectivity index (χ3n) is 17.0. The quantitative estimate of drug-likeness (QED) is 0.0950. The van der Waals surface area contributed by atoms with Crippen LogP contribution in [-0.2, 0) is 11.2 Å². The van der Waals surface area contributed by atoms with Crippen molar-refractivity contribution in [3.8, 4) is 0 Å². The first-order chi connectivity index (χ1) is 43.7. The number of nitro groups is 1. The van der Waals surface area contributed by atoms with Gasteiger partial charge in [0, 0.05) is 28.0 Å². The number of hydrogen-bond donors (Lipinski definition) is 1. The number of benzene rings is 3. The van der Waals surface area contributed by atoms with Crippen LogP contribution in [0.5, 0.6) is 0 Å². The molecule has 8 rings (SSSR count). The molecule has 0 atom stereocenters. The first kappa shape index (κ1) is 92.8. The maximum atomic E-state index is 11.0. The average Bonchev–Trinajstić information content (AvgIpc) is 1.68. The Morgan fingerprint density at radius 3 is 1.26 bits per heavy atom. The highest BCUT2D eigenvalue weighted by molar-refractivity contribution is 9.13. The van der Waals surface area contributed by atoms with Crippen LogP contribution in [0, 0.1) is 86.5 Å². The monoisotopic (exact) mass is 1450 g/mol. The first-order valence-corrected chi connectivity index (χ1v) is 39.6. The number of carbonyl (C=O) groups excluding carboxylic acids is 1. The van der Waals surface area contributed by atoms with Crippen LogP contribution in [0.1, 0.15) is 316 Å². The Labute approximate surface area is 603 Å². The van der Waals surface area contributed by atoms with Gasteiger partial charge < -0.3 is 10.1 Å². The molecule has 0 aliphatic heterocycles. The Morgan fingerprint density at radius 2 is 0.989 bits per heavy atom. The van der Waals surface area contributed by atoms with Crippen molar-refractivity contribution < 1.29 is 14.5 Å². The Bertz CT molecular complexity index is 2420. The molecule has 94 heavy (non-hydrogen) atoms. The lowest BCUT2D eigenvalue weighted by molar-refractivity contribution is -0.384. The van der Waals surface area contributed by atoms with E-state index in [1.54, 1.807) is 23.5 Å². The molecular formula is C85H146Br2N2O4S. The van der Waals surface area contributed by atoms with E-state index in [1.165, 1.54) is 146 Å². The summed E-state index contributed by atoms with van der Waals surface area (Å²) in [5.74, 6) is 11.9. The lowest BCUT2D eigenvalue weighted by Crippen LogP contribution is -2.34. The van der Waals surface area contributed by atoms with E-state index < -0.39 is 5.60 Å². The van der Waals surface area contributed by atoms with E-state index in [0.29, 0.717) is 35.6 Å². The van der Waals surface area contributed by atoms with Gasteiger partial charge in [-0.15, -0.1) is 11.3 Å². The van der Waals surface area contributed by atoms with Gasteiger partial charge >= 0.3 is 6.09 Å². The third-order valence-corrected chi connectivity index (χ3v) is 20.6. The first-order valence-electron chi connectivity index (χ1n) is 37.2. The lowest BCUT2D eigenvalue weighted by Gasteiger charge is -2.28. The van der Waals surface area contributed by atoms with E-state index >= 15 is 0 Å². The maximum absolute atomic E-state index is 11.0. The highest BCUT2D eigenvalue weighted by Gasteiger charge is 2.24. The summed E-state index contributed by atoms with van der Waals surface area (Å²) >= 11 is 8.70. The van der Waals surface area contributed by atoms with Crippen LogP contribution in [0.15, 0.2) is 105 Å². The highest BCUT2D eigenvalue weighted by atomic mass is 79.9. The molecule has 1 N–H and O–H groups in total. The fourth-order valence-corrected chi connectivity index (χ4v) is 12.8. The number of non-ortho nitro benzene ring substituents is 1. The Balaban J connectivity index is 0. The van der Waals surface area contributed by atoms with Gasteiger partial charge in [0.05, 0.1) is 8.71 Å². The summed E-state index contributed by atoms with van der Waals surface area (Å²) in [5.41, 5.74) is 4.14. The van der Waals surface area contributed by atoms with E-state index in [0.717, 1.165) is 64.7 Å². The molecule has 0 bridgehead atoms. The van der Waals surface area contributed by atoms with E-state index in [2.05, 4.69) is 255 Å². The zero-order chi connectivity index (χ0) is 72.1. The van der Waals surface area contributed by atoms with E-state index in [1.807, 2.05) is 40.7 Å². The molecular weight excluding hydrogens is 1300 g/mol. The summed E-state index contributed by atoms with van der Waals surface area (Å²) in [5, 5.41) is 13.0. The van der Waals surface area contributed by atoms with Crippen molar-refractivity contribution in [3.05, 3.63) is 137 Å². The lowest BCUT2D eigenvalue weighted by atomic mass is 9.78. The molecule has 0 unspecified atom stereocenters.